The van der Waals surface area contributed by atoms with Crippen LogP contribution in [-0.2, 0) is 4.79 Å². The fourth-order valence-electron chi connectivity index (χ4n) is 3.56. The molecule has 2 aliphatic heterocycles. The first-order valence-electron chi connectivity index (χ1n) is 8.03. The number of aromatic nitrogens is 2. The molecule has 2 amide bonds. The number of piperidine rings is 1. The van der Waals surface area contributed by atoms with E-state index in [1.807, 2.05) is 30.8 Å². The van der Waals surface area contributed by atoms with Crippen molar-refractivity contribution in [1.82, 2.24) is 24.3 Å². The number of hydrogen-bond donors (Lipinski definition) is 0. The number of carbonyl (C=O) groups is 2. The first-order valence-corrected chi connectivity index (χ1v) is 8.80. The number of carbonyl (C=O) groups excluding carboxylic acids is 2. The molecule has 1 aromatic rings. The Labute approximate surface area is 140 Å². The average molecular weight is 337 g/mol. The number of nitrogens with zero attached hydrogens (tertiary/aromatic N) is 5. The van der Waals surface area contributed by atoms with Gasteiger partial charge in [-0.1, -0.05) is 4.49 Å². The second-order valence-corrected chi connectivity index (χ2v) is 7.49. The summed E-state index contributed by atoms with van der Waals surface area (Å²) in [5.41, 5.74) is 0.465. The first kappa shape index (κ1) is 16.3. The van der Waals surface area contributed by atoms with Crippen LogP contribution < -0.4 is 0 Å². The van der Waals surface area contributed by atoms with Crippen LogP contribution in [0.2, 0.25) is 0 Å². The Bertz CT molecular complexity index is 602. The topological polar surface area (TPSA) is 69.6 Å². The lowest BCUT2D eigenvalue weighted by molar-refractivity contribution is -0.137. The summed E-state index contributed by atoms with van der Waals surface area (Å²) in [6, 6.07) is 0.260. The average Bonchev–Trinajstić information content (AvgIpc) is 3.11. The van der Waals surface area contributed by atoms with Crippen LogP contribution in [0, 0.1) is 6.92 Å². The van der Waals surface area contributed by atoms with E-state index in [1.54, 1.807) is 0 Å². The summed E-state index contributed by atoms with van der Waals surface area (Å²) in [6.45, 7) is 4.14. The third-order valence-electron chi connectivity index (χ3n) is 4.79. The van der Waals surface area contributed by atoms with Crippen molar-refractivity contribution in [3.05, 3.63) is 10.6 Å². The van der Waals surface area contributed by atoms with E-state index < -0.39 is 0 Å². The van der Waals surface area contributed by atoms with Crippen LogP contribution in [-0.4, -0.2) is 81.9 Å². The molecule has 3 heterocycles. The zero-order chi connectivity index (χ0) is 16.6. The highest BCUT2D eigenvalue weighted by molar-refractivity contribution is 7.05. The molecule has 2 fully saturated rings. The van der Waals surface area contributed by atoms with E-state index in [9.17, 15) is 9.59 Å². The van der Waals surface area contributed by atoms with Crippen molar-refractivity contribution >= 4 is 23.3 Å². The van der Waals surface area contributed by atoms with Gasteiger partial charge in [-0.15, -0.1) is 5.10 Å². The van der Waals surface area contributed by atoms with Crippen molar-refractivity contribution in [2.75, 3.05) is 33.7 Å². The highest BCUT2D eigenvalue weighted by Crippen LogP contribution is 2.32. The van der Waals surface area contributed by atoms with E-state index in [4.69, 9.17) is 0 Å². The molecule has 1 aromatic heterocycles. The predicted octanol–water partition coefficient (Wildman–Crippen LogP) is 0.614. The molecule has 23 heavy (non-hydrogen) atoms. The van der Waals surface area contributed by atoms with E-state index in [2.05, 4.69) is 14.5 Å². The lowest BCUT2D eigenvalue weighted by atomic mass is 9.96. The van der Waals surface area contributed by atoms with Gasteiger partial charge in [0, 0.05) is 26.1 Å². The van der Waals surface area contributed by atoms with Crippen molar-refractivity contribution in [2.45, 2.75) is 38.3 Å². The van der Waals surface area contributed by atoms with Gasteiger partial charge in [0.25, 0.3) is 5.91 Å². The van der Waals surface area contributed by atoms with Gasteiger partial charge in [-0.05, 0) is 45.4 Å². The smallest absolute Gasteiger partial charge is 0.275 e. The number of fused-ring (bicyclic) bond motifs is 1. The second-order valence-electron chi connectivity index (χ2n) is 6.53. The summed E-state index contributed by atoms with van der Waals surface area (Å²) < 4.78 is 3.87. The molecule has 126 valence electrons. The third-order valence-corrected chi connectivity index (χ3v) is 5.42. The van der Waals surface area contributed by atoms with Crippen LogP contribution in [0.4, 0.5) is 0 Å². The molecule has 0 radical (unpaired) electrons. The van der Waals surface area contributed by atoms with Crippen molar-refractivity contribution in [2.24, 2.45) is 0 Å². The van der Waals surface area contributed by atoms with Crippen LogP contribution in [0.15, 0.2) is 0 Å². The van der Waals surface area contributed by atoms with Gasteiger partial charge in [0.15, 0.2) is 5.69 Å². The highest BCUT2D eigenvalue weighted by atomic mass is 32.1. The predicted molar refractivity (Wildman–Crippen MR) is 87.4 cm³/mol. The minimum atomic E-state index is -0.0364. The third kappa shape index (κ3) is 3.10. The molecule has 2 atom stereocenters. The summed E-state index contributed by atoms with van der Waals surface area (Å²) in [5.74, 6) is 0.180. The van der Waals surface area contributed by atoms with E-state index in [-0.39, 0.29) is 23.9 Å². The minimum Gasteiger partial charge on any atom is -0.336 e. The number of likely N-dealkylation sites (tertiary alicyclic amines) is 2. The molecule has 0 saturated carbocycles. The summed E-state index contributed by atoms with van der Waals surface area (Å²) in [6.07, 6.45) is 2.13. The van der Waals surface area contributed by atoms with Crippen LogP contribution in [0.1, 0.15) is 34.6 Å². The maximum Gasteiger partial charge on any atom is 0.275 e. The maximum absolute atomic E-state index is 12.8. The number of likely N-dealkylation sites (N-methyl/N-ethyl adjacent to an activating group) is 1. The Kier molecular flexibility index (Phi) is 4.63. The zero-order valence-corrected chi connectivity index (χ0v) is 14.7. The lowest BCUT2D eigenvalue weighted by Crippen LogP contribution is -2.54. The van der Waals surface area contributed by atoms with Gasteiger partial charge in [-0.25, -0.2) is 0 Å². The summed E-state index contributed by atoms with van der Waals surface area (Å²) in [4.78, 5) is 31.9. The number of hydrogen-bond acceptors (Lipinski definition) is 6. The number of rotatable bonds is 4. The molecule has 2 aliphatic rings. The Morgan fingerprint density at radius 2 is 2.13 bits per heavy atom. The van der Waals surface area contributed by atoms with Gasteiger partial charge < -0.3 is 14.7 Å². The molecule has 0 unspecified atom stereocenters. The summed E-state index contributed by atoms with van der Waals surface area (Å²) in [7, 11) is 4.02. The Morgan fingerprint density at radius 3 is 2.78 bits per heavy atom. The van der Waals surface area contributed by atoms with Crippen LogP contribution >= 0.6 is 11.5 Å². The quantitative estimate of drug-likeness (QED) is 0.805. The summed E-state index contributed by atoms with van der Waals surface area (Å²) in [5, 5.41) is 3.98. The van der Waals surface area contributed by atoms with E-state index in [1.165, 1.54) is 11.5 Å². The number of aryl methyl sites for hydroxylation is 1. The summed E-state index contributed by atoms with van der Waals surface area (Å²) >= 11 is 1.25. The Balaban J connectivity index is 1.75. The first-order chi connectivity index (χ1) is 11.0. The van der Waals surface area contributed by atoms with E-state index in [0.29, 0.717) is 18.7 Å². The largest absolute Gasteiger partial charge is 0.336 e. The number of amides is 2. The molecule has 7 nitrogen and oxygen atoms in total. The molecule has 0 bridgehead atoms. The van der Waals surface area contributed by atoms with E-state index in [0.717, 1.165) is 30.8 Å². The highest BCUT2D eigenvalue weighted by Gasteiger charge is 2.45. The van der Waals surface area contributed by atoms with Crippen molar-refractivity contribution < 1.29 is 9.59 Å². The van der Waals surface area contributed by atoms with Crippen LogP contribution in [0.5, 0.6) is 0 Å². The molecule has 0 aliphatic carbocycles. The fourth-order valence-corrected chi connectivity index (χ4v) is 4.02. The normalized spacial score (nSPS) is 24.4. The minimum absolute atomic E-state index is 0.0364. The molecule has 2 saturated heterocycles. The molecule has 8 heteroatoms. The molecular weight excluding hydrogens is 314 g/mol. The van der Waals surface area contributed by atoms with Gasteiger partial charge >= 0.3 is 0 Å². The Hall–Kier alpha value is -1.54. The lowest BCUT2D eigenvalue weighted by Gasteiger charge is -2.40. The second kappa shape index (κ2) is 6.52. The van der Waals surface area contributed by atoms with E-state index >= 15 is 0 Å². The standard InChI is InChI=1S/C15H23N5O2S/c1-10-14(16-17-23-10)15(22)20-7-6-12-11(20)4-5-13(21)19(12)9-8-18(2)3/h11-12H,4-9H2,1-3H3/t11-,12-/m1/s1. The SMILES string of the molecule is Cc1snnc1C(=O)N1CC[C@@H]2[C@H]1CCC(=O)N2CCN(C)C. The maximum atomic E-state index is 12.8. The van der Waals surface area contributed by atoms with Crippen LogP contribution in [0.3, 0.4) is 0 Å². The van der Waals surface area contributed by atoms with Gasteiger partial charge in [0.05, 0.1) is 17.0 Å². The van der Waals surface area contributed by atoms with Gasteiger partial charge in [0.2, 0.25) is 5.91 Å². The van der Waals surface area contributed by atoms with Gasteiger partial charge in [0.1, 0.15) is 0 Å². The molecule has 0 N–H and O–H groups in total. The molecule has 0 spiro atoms. The van der Waals surface area contributed by atoms with Gasteiger partial charge in [-0.2, -0.15) is 0 Å². The van der Waals surface area contributed by atoms with Crippen molar-refractivity contribution in [3.8, 4) is 0 Å². The Morgan fingerprint density at radius 1 is 1.35 bits per heavy atom. The molecular formula is C15H23N5O2S. The fraction of sp³-hybridized carbons (Fsp3) is 0.733. The van der Waals surface area contributed by atoms with Gasteiger partial charge in [-0.3, -0.25) is 9.59 Å². The zero-order valence-electron chi connectivity index (χ0n) is 13.9. The molecule has 3 rings (SSSR count). The van der Waals surface area contributed by atoms with Crippen LogP contribution in [0.25, 0.3) is 0 Å². The van der Waals surface area contributed by atoms with Crippen molar-refractivity contribution in [1.29, 1.82) is 0 Å². The monoisotopic (exact) mass is 337 g/mol. The molecule has 0 aromatic carbocycles. The van der Waals surface area contributed by atoms with Crippen molar-refractivity contribution in [3.63, 3.8) is 0 Å².